The van der Waals surface area contributed by atoms with E-state index in [2.05, 4.69) is 31.2 Å². The molecule has 0 bridgehead atoms. The minimum atomic E-state index is -0.295. The minimum absolute atomic E-state index is 0.244. The number of nitrogens with one attached hydrogen (secondary N) is 1. The van der Waals surface area contributed by atoms with E-state index in [0.717, 1.165) is 9.48 Å². The van der Waals surface area contributed by atoms with E-state index in [4.69, 9.17) is 11.6 Å². The molecule has 0 unspecified atom stereocenters. The number of halogens is 2. The molecule has 0 atom stereocenters. The average Bonchev–Trinajstić information content (AvgIpc) is 2.70. The van der Waals surface area contributed by atoms with Crippen molar-refractivity contribution in [1.82, 2.24) is 9.97 Å². The summed E-state index contributed by atoms with van der Waals surface area (Å²) in [6.45, 7) is 1.84. The largest absolute Gasteiger partial charge is 0.318 e. The van der Waals surface area contributed by atoms with Gasteiger partial charge in [-0.15, -0.1) is 11.3 Å². The summed E-state index contributed by atoms with van der Waals surface area (Å²) >= 11 is 10.5. The number of aryl methyl sites for hydroxylation is 1. The molecule has 2 heterocycles. The van der Waals surface area contributed by atoms with Crippen LogP contribution in [0.25, 0.3) is 0 Å². The second kappa shape index (κ2) is 5.12. The highest BCUT2D eigenvalue weighted by Crippen LogP contribution is 2.23. The van der Waals surface area contributed by atoms with Crippen molar-refractivity contribution in [1.29, 1.82) is 0 Å². The highest BCUT2D eigenvalue weighted by atomic mass is 79.9. The number of thiazole rings is 1. The number of anilines is 1. The van der Waals surface area contributed by atoms with Gasteiger partial charge in [0.2, 0.25) is 0 Å². The fourth-order valence-corrected chi connectivity index (χ4v) is 2.24. The summed E-state index contributed by atoms with van der Waals surface area (Å²) in [5, 5.41) is 5.45. The van der Waals surface area contributed by atoms with Gasteiger partial charge in [-0.25, -0.2) is 9.97 Å². The maximum Gasteiger partial charge on any atom is 0.275 e. The molecule has 0 spiro atoms. The van der Waals surface area contributed by atoms with Gasteiger partial charge in [-0.1, -0.05) is 11.6 Å². The Balaban J connectivity index is 2.21. The van der Waals surface area contributed by atoms with Crippen molar-refractivity contribution < 1.29 is 4.79 Å². The molecule has 88 valence electrons. The van der Waals surface area contributed by atoms with Crippen LogP contribution in [0.5, 0.6) is 0 Å². The van der Waals surface area contributed by atoms with Crippen molar-refractivity contribution >= 4 is 50.5 Å². The van der Waals surface area contributed by atoms with E-state index in [-0.39, 0.29) is 11.1 Å². The molecular weight excluding hydrogens is 326 g/mol. The quantitative estimate of drug-likeness (QED) is 0.856. The first-order valence-electron chi connectivity index (χ1n) is 4.61. The second-order valence-corrected chi connectivity index (χ2v) is 5.53. The third-order valence-electron chi connectivity index (χ3n) is 1.91. The van der Waals surface area contributed by atoms with Gasteiger partial charge in [0, 0.05) is 16.0 Å². The molecule has 17 heavy (non-hydrogen) atoms. The Kier molecular flexibility index (Phi) is 3.76. The van der Waals surface area contributed by atoms with Gasteiger partial charge in [0.15, 0.2) is 5.15 Å². The van der Waals surface area contributed by atoms with Crippen LogP contribution in [0.2, 0.25) is 5.15 Å². The lowest BCUT2D eigenvalue weighted by molar-refractivity contribution is 0.102. The highest BCUT2D eigenvalue weighted by Gasteiger charge is 2.12. The lowest BCUT2D eigenvalue weighted by atomic mass is 10.4. The Morgan fingerprint density at radius 2 is 2.35 bits per heavy atom. The zero-order chi connectivity index (χ0) is 12.4. The first-order chi connectivity index (χ1) is 8.06. The molecule has 0 aromatic carbocycles. The number of hydrogen-bond acceptors (Lipinski definition) is 4. The number of carbonyl (C=O) groups is 1. The van der Waals surface area contributed by atoms with Crippen LogP contribution in [0.4, 0.5) is 5.69 Å². The fourth-order valence-electron chi connectivity index (χ4n) is 1.16. The standard InChI is InChI=1S/C10H7BrClN3OS/c1-5-14-8(4-17-5)10(16)15-7-2-6(11)3-13-9(7)12/h2-4H,1H3,(H,15,16). The molecule has 1 amide bonds. The van der Waals surface area contributed by atoms with Crippen LogP contribution < -0.4 is 5.32 Å². The predicted molar refractivity (Wildman–Crippen MR) is 71.8 cm³/mol. The molecular formula is C10H7BrClN3OS. The SMILES string of the molecule is Cc1nc(C(=O)Nc2cc(Br)cnc2Cl)cs1. The zero-order valence-electron chi connectivity index (χ0n) is 8.70. The van der Waals surface area contributed by atoms with Crippen molar-refractivity contribution in [3.8, 4) is 0 Å². The summed E-state index contributed by atoms with van der Waals surface area (Å²) < 4.78 is 0.742. The Morgan fingerprint density at radius 1 is 1.59 bits per heavy atom. The summed E-state index contributed by atoms with van der Waals surface area (Å²) in [5.41, 5.74) is 0.834. The third kappa shape index (κ3) is 3.02. The Morgan fingerprint density at radius 3 is 3.00 bits per heavy atom. The van der Waals surface area contributed by atoms with Gasteiger partial charge in [0.25, 0.3) is 5.91 Å². The molecule has 0 aliphatic heterocycles. The van der Waals surface area contributed by atoms with E-state index in [9.17, 15) is 4.79 Å². The van der Waals surface area contributed by atoms with E-state index < -0.39 is 0 Å². The number of carbonyl (C=O) groups excluding carboxylic acids is 1. The molecule has 7 heteroatoms. The van der Waals surface area contributed by atoms with E-state index in [1.807, 2.05) is 6.92 Å². The van der Waals surface area contributed by atoms with Gasteiger partial charge in [0.05, 0.1) is 10.7 Å². The topological polar surface area (TPSA) is 54.9 Å². The Bertz CT molecular complexity index is 572. The van der Waals surface area contributed by atoms with Crippen LogP contribution in [0, 0.1) is 6.92 Å². The third-order valence-corrected chi connectivity index (χ3v) is 3.41. The van der Waals surface area contributed by atoms with Crippen molar-refractivity contribution in [3.05, 3.63) is 38.0 Å². The number of rotatable bonds is 2. The summed E-state index contributed by atoms with van der Waals surface area (Å²) in [6, 6.07) is 1.69. The second-order valence-electron chi connectivity index (χ2n) is 3.20. The summed E-state index contributed by atoms with van der Waals surface area (Å²) in [6.07, 6.45) is 1.56. The average molecular weight is 333 g/mol. The monoisotopic (exact) mass is 331 g/mol. The van der Waals surface area contributed by atoms with Gasteiger partial charge < -0.3 is 5.32 Å². The number of amides is 1. The molecule has 1 N–H and O–H groups in total. The Labute approximate surface area is 115 Å². The first-order valence-corrected chi connectivity index (χ1v) is 6.66. The fraction of sp³-hybridized carbons (Fsp3) is 0.100. The van der Waals surface area contributed by atoms with E-state index in [1.54, 1.807) is 17.6 Å². The van der Waals surface area contributed by atoms with Crippen LogP contribution in [-0.2, 0) is 0 Å². The van der Waals surface area contributed by atoms with Gasteiger partial charge in [-0.3, -0.25) is 4.79 Å². The lowest BCUT2D eigenvalue weighted by Crippen LogP contribution is -2.13. The van der Waals surface area contributed by atoms with E-state index >= 15 is 0 Å². The normalized spacial score (nSPS) is 10.3. The van der Waals surface area contributed by atoms with E-state index in [1.165, 1.54) is 11.3 Å². The molecule has 2 aromatic rings. The maximum absolute atomic E-state index is 11.8. The van der Waals surface area contributed by atoms with Crippen LogP contribution in [0.1, 0.15) is 15.5 Å². The van der Waals surface area contributed by atoms with Crippen LogP contribution in [0.3, 0.4) is 0 Å². The Hall–Kier alpha value is -0.980. The number of hydrogen-bond donors (Lipinski definition) is 1. The lowest BCUT2D eigenvalue weighted by Gasteiger charge is -2.05. The van der Waals surface area contributed by atoms with Crippen molar-refractivity contribution in [2.24, 2.45) is 0 Å². The number of pyridine rings is 1. The first kappa shape index (κ1) is 12.5. The molecule has 0 radical (unpaired) electrons. The molecule has 4 nitrogen and oxygen atoms in total. The molecule has 0 saturated carbocycles. The summed E-state index contributed by atoms with van der Waals surface area (Å²) in [4.78, 5) is 19.8. The highest BCUT2D eigenvalue weighted by molar-refractivity contribution is 9.10. The molecule has 2 aromatic heterocycles. The summed E-state index contributed by atoms with van der Waals surface area (Å²) in [5.74, 6) is -0.295. The van der Waals surface area contributed by atoms with Crippen LogP contribution >= 0.6 is 38.9 Å². The van der Waals surface area contributed by atoms with Crippen LogP contribution in [0.15, 0.2) is 22.1 Å². The number of aromatic nitrogens is 2. The van der Waals surface area contributed by atoms with Crippen molar-refractivity contribution in [3.63, 3.8) is 0 Å². The smallest absolute Gasteiger partial charge is 0.275 e. The van der Waals surface area contributed by atoms with Crippen LogP contribution in [-0.4, -0.2) is 15.9 Å². The molecule has 0 fully saturated rings. The molecule has 2 rings (SSSR count). The number of nitrogens with zero attached hydrogens (tertiary/aromatic N) is 2. The van der Waals surface area contributed by atoms with Gasteiger partial charge in [-0.2, -0.15) is 0 Å². The zero-order valence-corrected chi connectivity index (χ0v) is 11.9. The predicted octanol–water partition coefficient (Wildman–Crippen LogP) is 3.51. The van der Waals surface area contributed by atoms with Gasteiger partial charge >= 0.3 is 0 Å². The molecule has 0 aliphatic rings. The summed E-state index contributed by atoms with van der Waals surface area (Å²) in [7, 11) is 0. The molecule has 0 aliphatic carbocycles. The minimum Gasteiger partial charge on any atom is -0.318 e. The van der Waals surface area contributed by atoms with Gasteiger partial charge in [0.1, 0.15) is 5.69 Å². The maximum atomic E-state index is 11.8. The van der Waals surface area contributed by atoms with Gasteiger partial charge in [-0.05, 0) is 28.9 Å². The molecule has 0 saturated heterocycles. The van der Waals surface area contributed by atoms with Crippen molar-refractivity contribution in [2.75, 3.05) is 5.32 Å². The van der Waals surface area contributed by atoms with Crippen molar-refractivity contribution in [2.45, 2.75) is 6.92 Å². The van der Waals surface area contributed by atoms with E-state index in [0.29, 0.717) is 11.4 Å².